The van der Waals surface area contributed by atoms with Crippen molar-refractivity contribution in [3.63, 3.8) is 0 Å². The number of hydrogen-bond acceptors (Lipinski definition) is 4. The molecule has 0 heterocycles. The lowest BCUT2D eigenvalue weighted by molar-refractivity contribution is -0.143. The van der Waals surface area contributed by atoms with E-state index in [1.807, 2.05) is 30.3 Å². The third kappa shape index (κ3) is 8.64. The Morgan fingerprint density at radius 3 is 2.29 bits per heavy atom. The van der Waals surface area contributed by atoms with Crippen LogP contribution in [0.25, 0.3) is 11.1 Å². The van der Waals surface area contributed by atoms with Gasteiger partial charge in [-0.05, 0) is 54.4 Å². The Hall–Kier alpha value is -3.52. The molecule has 0 saturated heterocycles. The minimum Gasteiger partial charge on any atom is -0.497 e. The van der Waals surface area contributed by atoms with Crippen LogP contribution in [0, 0.1) is 11.2 Å². The monoisotopic (exact) mass is 505 g/mol. The number of carbonyl (C=O) groups is 1. The minimum atomic E-state index is -3.44. The molecule has 35 heavy (non-hydrogen) atoms. The SMILES string of the molecule is CC(CNc1ccc(-c2ccc(F)c(Cl)c2)cc1C=N)NC(=O)C(C)(F)F.COc1ccccc1. The van der Waals surface area contributed by atoms with Gasteiger partial charge in [-0.1, -0.05) is 41.9 Å². The van der Waals surface area contributed by atoms with Gasteiger partial charge in [0, 0.05) is 37.0 Å². The molecule has 0 aromatic heterocycles. The molecular formula is C26H27ClF3N3O2. The minimum absolute atomic E-state index is 0.00315. The topological polar surface area (TPSA) is 74.2 Å². The molecule has 5 nitrogen and oxygen atoms in total. The highest BCUT2D eigenvalue weighted by Gasteiger charge is 2.32. The van der Waals surface area contributed by atoms with Crippen LogP contribution in [-0.2, 0) is 4.79 Å². The molecule has 1 amide bonds. The summed E-state index contributed by atoms with van der Waals surface area (Å²) in [5.74, 6) is -4.38. The summed E-state index contributed by atoms with van der Waals surface area (Å²) in [4.78, 5) is 11.3. The number of ether oxygens (including phenoxy) is 1. The smallest absolute Gasteiger partial charge is 0.321 e. The molecule has 1 unspecified atom stereocenters. The van der Waals surface area contributed by atoms with Gasteiger partial charge in [-0.25, -0.2) is 4.39 Å². The molecule has 0 saturated carbocycles. The number of rotatable bonds is 8. The molecule has 9 heteroatoms. The fourth-order valence-corrected chi connectivity index (χ4v) is 3.10. The van der Waals surface area contributed by atoms with E-state index in [4.69, 9.17) is 21.7 Å². The van der Waals surface area contributed by atoms with E-state index in [0.717, 1.165) is 17.5 Å². The van der Waals surface area contributed by atoms with Crippen LogP contribution in [0.3, 0.4) is 0 Å². The average Bonchev–Trinajstić information content (AvgIpc) is 2.84. The van der Waals surface area contributed by atoms with E-state index in [9.17, 15) is 18.0 Å². The average molecular weight is 506 g/mol. The number of alkyl halides is 2. The van der Waals surface area contributed by atoms with Crippen molar-refractivity contribution in [2.45, 2.75) is 25.8 Å². The van der Waals surface area contributed by atoms with E-state index in [1.54, 1.807) is 38.3 Å². The van der Waals surface area contributed by atoms with Gasteiger partial charge in [-0.3, -0.25) is 4.79 Å². The molecule has 0 aliphatic heterocycles. The zero-order chi connectivity index (χ0) is 26.0. The summed E-state index contributed by atoms with van der Waals surface area (Å²) in [6.07, 6.45) is 1.14. The fourth-order valence-electron chi connectivity index (χ4n) is 2.92. The third-order valence-corrected chi connectivity index (χ3v) is 5.10. The van der Waals surface area contributed by atoms with E-state index in [2.05, 4.69) is 10.6 Å². The first-order valence-electron chi connectivity index (χ1n) is 10.7. The van der Waals surface area contributed by atoms with E-state index >= 15 is 0 Å². The van der Waals surface area contributed by atoms with Crippen LogP contribution in [0.4, 0.5) is 18.9 Å². The Balaban J connectivity index is 0.000000456. The summed E-state index contributed by atoms with van der Waals surface area (Å²) in [7, 11) is 1.66. The van der Waals surface area contributed by atoms with Crippen molar-refractivity contribution in [1.29, 1.82) is 5.41 Å². The van der Waals surface area contributed by atoms with Gasteiger partial charge in [0.25, 0.3) is 5.91 Å². The van der Waals surface area contributed by atoms with Gasteiger partial charge in [0.2, 0.25) is 0 Å². The highest BCUT2D eigenvalue weighted by molar-refractivity contribution is 6.31. The predicted octanol–water partition coefficient (Wildman–Crippen LogP) is 6.41. The predicted molar refractivity (Wildman–Crippen MR) is 134 cm³/mol. The van der Waals surface area contributed by atoms with E-state index in [0.29, 0.717) is 23.7 Å². The van der Waals surface area contributed by atoms with Crippen LogP contribution >= 0.6 is 11.6 Å². The summed E-state index contributed by atoms with van der Waals surface area (Å²) >= 11 is 5.81. The summed E-state index contributed by atoms with van der Waals surface area (Å²) < 4.78 is 44.1. The van der Waals surface area contributed by atoms with Gasteiger partial charge in [0.1, 0.15) is 11.6 Å². The second-order valence-corrected chi connectivity index (χ2v) is 8.14. The van der Waals surface area contributed by atoms with Crippen LogP contribution in [0.15, 0.2) is 66.7 Å². The number of para-hydroxylation sites is 1. The molecule has 3 aromatic carbocycles. The number of nitrogens with one attached hydrogen (secondary N) is 3. The standard InChI is InChI=1S/C19H19ClF3N3O.C7H8O/c1-11(26-18(27)19(2,22)23)10-25-17-6-4-12(7-14(17)9-24)13-3-5-16(21)15(20)8-13;1-8-7-5-3-2-4-6-7/h3-9,11,24-25H,10H2,1-2H3,(H,26,27);2-6H,1H3. The Morgan fingerprint density at radius 1 is 1.11 bits per heavy atom. The molecule has 0 radical (unpaired) electrons. The number of benzene rings is 3. The second kappa shape index (κ2) is 12.8. The van der Waals surface area contributed by atoms with Gasteiger partial charge in [0.15, 0.2) is 0 Å². The lowest BCUT2D eigenvalue weighted by atomic mass is 10.0. The first-order chi connectivity index (χ1) is 16.5. The summed E-state index contributed by atoms with van der Waals surface area (Å²) in [6.45, 7) is 2.33. The van der Waals surface area contributed by atoms with Crippen LogP contribution in [0.1, 0.15) is 19.4 Å². The molecule has 3 aromatic rings. The molecule has 0 fully saturated rings. The molecule has 0 aliphatic rings. The lowest BCUT2D eigenvalue weighted by Gasteiger charge is -2.19. The van der Waals surface area contributed by atoms with Gasteiger partial charge in [0.05, 0.1) is 12.1 Å². The van der Waals surface area contributed by atoms with Gasteiger partial charge < -0.3 is 20.8 Å². The first-order valence-corrected chi connectivity index (χ1v) is 11.0. The van der Waals surface area contributed by atoms with E-state index in [-0.39, 0.29) is 11.6 Å². The maximum atomic E-state index is 13.3. The van der Waals surface area contributed by atoms with E-state index < -0.39 is 23.7 Å². The maximum Gasteiger partial charge on any atom is 0.321 e. The number of halogens is 4. The first kappa shape index (κ1) is 27.7. The van der Waals surface area contributed by atoms with E-state index in [1.165, 1.54) is 12.1 Å². The molecule has 3 N–H and O–H groups in total. The van der Waals surface area contributed by atoms with Gasteiger partial charge >= 0.3 is 5.92 Å². The Kier molecular flexibility index (Phi) is 10.1. The Bertz CT molecular complexity index is 1140. The molecular weight excluding hydrogens is 479 g/mol. The molecule has 186 valence electrons. The van der Waals surface area contributed by atoms with Crippen molar-refractivity contribution < 1.29 is 22.7 Å². The largest absolute Gasteiger partial charge is 0.497 e. The molecule has 3 rings (SSSR count). The summed E-state index contributed by atoms with van der Waals surface area (Å²) in [5, 5.41) is 12.8. The number of amides is 1. The number of carbonyl (C=O) groups excluding carboxylic acids is 1. The van der Waals surface area contributed by atoms with Crippen molar-refractivity contribution in [3.8, 4) is 16.9 Å². The molecule has 0 spiro atoms. The second-order valence-electron chi connectivity index (χ2n) is 7.74. The molecule has 1 atom stereocenters. The molecule has 0 aliphatic carbocycles. The zero-order valence-electron chi connectivity index (χ0n) is 19.5. The zero-order valence-corrected chi connectivity index (χ0v) is 20.3. The van der Waals surface area contributed by atoms with Crippen molar-refractivity contribution in [2.24, 2.45) is 0 Å². The van der Waals surface area contributed by atoms with Gasteiger partial charge in [-0.15, -0.1) is 0 Å². The van der Waals surface area contributed by atoms with Crippen molar-refractivity contribution in [2.75, 3.05) is 19.0 Å². The van der Waals surface area contributed by atoms with Crippen molar-refractivity contribution in [1.82, 2.24) is 5.32 Å². The quantitative estimate of drug-likeness (QED) is 0.310. The fraction of sp³-hybridized carbons (Fsp3) is 0.231. The Labute approximate surface area is 207 Å². The summed E-state index contributed by atoms with van der Waals surface area (Å²) in [5.41, 5.74) is 2.59. The van der Waals surface area contributed by atoms with Gasteiger partial charge in [-0.2, -0.15) is 8.78 Å². The number of methoxy groups -OCH3 is 1. The maximum absolute atomic E-state index is 13.3. The third-order valence-electron chi connectivity index (χ3n) is 4.81. The van der Waals surface area contributed by atoms with Crippen LogP contribution in [-0.4, -0.2) is 37.7 Å². The highest BCUT2D eigenvalue weighted by Crippen LogP contribution is 2.28. The summed E-state index contributed by atoms with van der Waals surface area (Å²) in [6, 6.07) is 18.7. The molecule has 0 bridgehead atoms. The lowest BCUT2D eigenvalue weighted by Crippen LogP contribution is -2.45. The Morgan fingerprint density at radius 2 is 1.74 bits per heavy atom. The van der Waals surface area contributed by atoms with Crippen molar-refractivity contribution in [3.05, 3.63) is 83.1 Å². The van der Waals surface area contributed by atoms with Crippen molar-refractivity contribution >= 4 is 29.4 Å². The van der Waals surface area contributed by atoms with Crippen LogP contribution in [0.2, 0.25) is 5.02 Å². The normalized spacial score (nSPS) is 11.5. The van der Waals surface area contributed by atoms with Crippen LogP contribution < -0.4 is 15.4 Å². The highest BCUT2D eigenvalue weighted by atomic mass is 35.5. The number of anilines is 1. The van der Waals surface area contributed by atoms with Crippen LogP contribution in [0.5, 0.6) is 5.75 Å². The number of hydrogen-bond donors (Lipinski definition) is 3.